The van der Waals surface area contributed by atoms with Gasteiger partial charge in [-0.3, -0.25) is 9.59 Å². The SMILES string of the molecule is O=C1NC2(CCCCC2)C(=O)NC1C1CC1. The number of hydrogen-bond acceptors (Lipinski definition) is 2. The molecule has 0 bridgehead atoms. The summed E-state index contributed by atoms with van der Waals surface area (Å²) >= 11 is 0. The molecular weight excluding hydrogens is 204 g/mol. The van der Waals surface area contributed by atoms with E-state index in [-0.39, 0.29) is 17.9 Å². The van der Waals surface area contributed by atoms with Gasteiger partial charge in [0.25, 0.3) is 0 Å². The predicted octanol–water partition coefficient (Wildman–Crippen LogP) is 0.714. The van der Waals surface area contributed by atoms with Crippen LogP contribution in [-0.2, 0) is 9.59 Å². The minimum absolute atomic E-state index is 0.0454. The topological polar surface area (TPSA) is 58.2 Å². The smallest absolute Gasteiger partial charge is 0.246 e. The van der Waals surface area contributed by atoms with Crippen LogP contribution in [0, 0.1) is 5.92 Å². The van der Waals surface area contributed by atoms with Gasteiger partial charge in [-0.25, -0.2) is 0 Å². The molecule has 1 unspecified atom stereocenters. The fraction of sp³-hybridized carbons (Fsp3) is 0.833. The molecule has 4 nitrogen and oxygen atoms in total. The molecule has 1 heterocycles. The molecule has 1 saturated heterocycles. The van der Waals surface area contributed by atoms with Crippen molar-refractivity contribution in [1.29, 1.82) is 0 Å². The number of amides is 2. The van der Waals surface area contributed by atoms with Crippen molar-refractivity contribution in [3.05, 3.63) is 0 Å². The summed E-state index contributed by atoms with van der Waals surface area (Å²) in [6.07, 6.45) is 7.03. The number of hydrogen-bond donors (Lipinski definition) is 2. The summed E-state index contributed by atoms with van der Waals surface area (Å²) in [5.74, 6) is 0.498. The van der Waals surface area contributed by atoms with Crippen LogP contribution < -0.4 is 10.6 Å². The Bertz CT molecular complexity index is 330. The van der Waals surface area contributed by atoms with Crippen molar-refractivity contribution in [3.63, 3.8) is 0 Å². The Kier molecular flexibility index (Phi) is 2.19. The summed E-state index contributed by atoms with van der Waals surface area (Å²) in [5.41, 5.74) is -0.569. The van der Waals surface area contributed by atoms with Crippen molar-refractivity contribution in [2.75, 3.05) is 0 Å². The Labute approximate surface area is 95.2 Å². The first-order valence-electron chi connectivity index (χ1n) is 6.34. The first kappa shape index (κ1) is 10.1. The Morgan fingerprint density at radius 2 is 1.75 bits per heavy atom. The lowest BCUT2D eigenvalue weighted by atomic mass is 9.79. The highest BCUT2D eigenvalue weighted by molar-refractivity contribution is 6.00. The third-order valence-electron chi connectivity index (χ3n) is 4.17. The van der Waals surface area contributed by atoms with E-state index in [1.54, 1.807) is 0 Å². The van der Waals surface area contributed by atoms with Crippen LogP contribution in [0.15, 0.2) is 0 Å². The van der Waals surface area contributed by atoms with Crippen LogP contribution in [0.4, 0.5) is 0 Å². The number of carbonyl (C=O) groups is 2. The maximum absolute atomic E-state index is 12.1. The number of piperazine rings is 1. The molecule has 3 rings (SSSR count). The van der Waals surface area contributed by atoms with Crippen molar-refractivity contribution in [2.45, 2.75) is 56.5 Å². The van der Waals surface area contributed by atoms with Crippen molar-refractivity contribution >= 4 is 11.8 Å². The Hall–Kier alpha value is -1.06. The lowest BCUT2D eigenvalue weighted by Crippen LogP contribution is -2.70. The standard InChI is InChI=1S/C12H18N2O2/c15-10-9(8-4-5-8)13-11(16)12(14-10)6-2-1-3-7-12/h8-9H,1-7H2,(H,13,16)(H,14,15). The van der Waals surface area contributed by atoms with Crippen LogP contribution in [0.25, 0.3) is 0 Å². The largest absolute Gasteiger partial charge is 0.342 e. The molecule has 2 saturated carbocycles. The van der Waals surface area contributed by atoms with E-state index in [9.17, 15) is 9.59 Å². The zero-order chi connectivity index (χ0) is 11.2. The van der Waals surface area contributed by atoms with E-state index in [0.717, 1.165) is 38.5 Å². The van der Waals surface area contributed by atoms with Gasteiger partial charge < -0.3 is 10.6 Å². The Morgan fingerprint density at radius 3 is 2.38 bits per heavy atom. The summed E-state index contributed by atoms with van der Waals surface area (Å²) in [7, 11) is 0. The van der Waals surface area contributed by atoms with Crippen LogP contribution in [0.2, 0.25) is 0 Å². The highest BCUT2D eigenvalue weighted by Crippen LogP contribution is 2.37. The van der Waals surface area contributed by atoms with Gasteiger partial charge in [0.05, 0.1) is 0 Å². The van der Waals surface area contributed by atoms with Gasteiger partial charge in [0.2, 0.25) is 11.8 Å². The van der Waals surface area contributed by atoms with Gasteiger partial charge in [-0.2, -0.15) is 0 Å². The molecule has 0 aromatic carbocycles. The van der Waals surface area contributed by atoms with Gasteiger partial charge in [-0.15, -0.1) is 0 Å². The molecule has 4 heteroatoms. The molecule has 0 aromatic heterocycles. The summed E-state index contributed by atoms with van der Waals surface area (Å²) in [5, 5.41) is 5.94. The van der Waals surface area contributed by atoms with Gasteiger partial charge in [0.1, 0.15) is 11.6 Å². The average Bonchev–Trinajstić information content (AvgIpc) is 3.09. The molecular formula is C12H18N2O2. The Morgan fingerprint density at radius 1 is 1.06 bits per heavy atom. The average molecular weight is 222 g/mol. The monoisotopic (exact) mass is 222 g/mol. The second kappa shape index (κ2) is 3.47. The molecule has 88 valence electrons. The quantitative estimate of drug-likeness (QED) is 0.686. The van der Waals surface area contributed by atoms with E-state index < -0.39 is 5.54 Å². The van der Waals surface area contributed by atoms with Crippen LogP contribution in [0.5, 0.6) is 0 Å². The lowest BCUT2D eigenvalue weighted by Gasteiger charge is -2.42. The fourth-order valence-corrected chi connectivity index (χ4v) is 2.98. The highest BCUT2D eigenvalue weighted by Gasteiger charge is 2.50. The normalized spacial score (nSPS) is 33.4. The molecule has 1 atom stereocenters. The highest BCUT2D eigenvalue weighted by atomic mass is 16.2. The number of nitrogens with one attached hydrogen (secondary N) is 2. The molecule has 0 aromatic rings. The summed E-state index contributed by atoms with van der Waals surface area (Å²) in [6.45, 7) is 0. The molecule has 2 amide bonds. The zero-order valence-corrected chi connectivity index (χ0v) is 9.42. The van der Waals surface area contributed by atoms with E-state index in [1.165, 1.54) is 6.42 Å². The van der Waals surface area contributed by atoms with E-state index in [1.807, 2.05) is 0 Å². The summed E-state index contributed by atoms with van der Waals surface area (Å²) in [4.78, 5) is 24.1. The maximum atomic E-state index is 12.1. The first-order chi connectivity index (χ1) is 7.71. The van der Waals surface area contributed by atoms with Crippen molar-refractivity contribution < 1.29 is 9.59 Å². The van der Waals surface area contributed by atoms with Crippen LogP contribution in [-0.4, -0.2) is 23.4 Å². The van der Waals surface area contributed by atoms with E-state index in [4.69, 9.17) is 0 Å². The van der Waals surface area contributed by atoms with Gasteiger partial charge in [-0.05, 0) is 31.6 Å². The van der Waals surface area contributed by atoms with E-state index in [2.05, 4.69) is 10.6 Å². The minimum Gasteiger partial charge on any atom is -0.342 e. The van der Waals surface area contributed by atoms with Crippen LogP contribution >= 0.6 is 0 Å². The third-order valence-corrected chi connectivity index (χ3v) is 4.17. The van der Waals surface area contributed by atoms with Gasteiger partial charge in [0, 0.05) is 0 Å². The molecule has 2 aliphatic carbocycles. The van der Waals surface area contributed by atoms with Crippen molar-refractivity contribution in [1.82, 2.24) is 10.6 Å². The molecule has 1 aliphatic heterocycles. The Balaban J connectivity index is 1.77. The second-order valence-electron chi connectivity index (χ2n) is 5.42. The molecule has 3 fully saturated rings. The minimum atomic E-state index is -0.569. The zero-order valence-electron chi connectivity index (χ0n) is 9.42. The molecule has 3 aliphatic rings. The van der Waals surface area contributed by atoms with E-state index in [0.29, 0.717) is 5.92 Å². The molecule has 1 spiro atoms. The summed E-state index contributed by atoms with van der Waals surface area (Å²) < 4.78 is 0. The molecule has 0 radical (unpaired) electrons. The van der Waals surface area contributed by atoms with Crippen LogP contribution in [0.3, 0.4) is 0 Å². The van der Waals surface area contributed by atoms with Crippen molar-refractivity contribution in [3.8, 4) is 0 Å². The third kappa shape index (κ3) is 1.51. The second-order valence-corrected chi connectivity index (χ2v) is 5.42. The molecule has 16 heavy (non-hydrogen) atoms. The van der Waals surface area contributed by atoms with Gasteiger partial charge in [0.15, 0.2) is 0 Å². The predicted molar refractivity (Wildman–Crippen MR) is 58.6 cm³/mol. The maximum Gasteiger partial charge on any atom is 0.246 e. The number of rotatable bonds is 1. The lowest BCUT2D eigenvalue weighted by molar-refractivity contribution is -0.143. The van der Waals surface area contributed by atoms with Crippen molar-refractivity contribution in [2.24, 2.45) is 5.92 Å². The molecule has 2 N–H and O–H groups in total. The fourth-order valence-electron chi connectivity index (χ4n) is 2.98. The number of carbonyl (C=O) groups excluding carboxylic acids is 2. The first-order valence-corrected chi connectivity index (χ1v) is 6.34. The van der Waals surface area contributed by atoms with Gasteiger partial charge in [-0.1, -0.05) is 19.3 Å². The van der Waals surface area contributed by atoms with Gasteiger partial charge >= 0.3 is 0 Å². The van der Waals surface area contributed by atoms with E-state index >= 15 is 0 Å². The summed E-state index contributed by atoms with van der Waals surface area (Å²) in [6, 6.07) is -0.250. The van der Waals surface area contributed by atoms with Crippen LogP contribution in [0.1, 0.15) is 44.9 Å².